The number of nitrogens with zero attached hydrogens (tertiary/aromatic N) is 5. The molecule has 0 bridgehead atoms. The molecule has 1 aliphatic carbocycles. The second kappa shape index (κ2) is 9.67. The Morgan fingerprint density at radius 1 is 1.22 bits per heavy atom. The van der Waals surface area contributed by atoms with E-state index < -0.39 is 11.0 Å². The van der Waals surface area contributed by atoms with E-state index in [0.29, 0.717) is 51.1 Å². The fourth-order valence-electron chi connectivity index (χ4n) is 3.87. The number of nitro groups is 1. The summed E-state index contributed by atoms with van der Waals surface area (Å²) in [7, 11) is 0. The first-order chi connectivity index (χ1) is 15.5. The van der Waals surface area contributed by atoms with Gasteiger partial charge in [-0.15, -0.1) is 5.10 Å². The van der Waals surface area contributed by atoms with Gasteiger partial charge in [-0.25, -0.2) is 14.2 Å². The highest BCUT2D eigenvalue weighted by molar-refractivity contribution is 5.70. The summed E-state index contributed by atoms with van der Waals surface area (Å²) in [5.74, 6) is 0.867. The molecule has 1 aromatic carbocycles. The largest absolute Gasteiger partial charge is 0.412 e. The van der Waals surface area contributed by atoms with Gasteiger partial charge < -0.3 is 15.0 Å². The number of carbonyl (C=O) groups excluding carboxylic acids is 1. The third-order valence-corrected chi connectivity index (χ3v) is 5.70. The van der Waals surface area contributed by atoms with E-state index in [-0.39, 0.29) is 29.2 Å². The lowest BCUT2D eigenvalue weighted by Gasteiger charge is -2.32. The number of allylic oxidation sites excluding steroid dienone is 2. The van der Waals surface area contributed by atoms with Gasteiger partial charge in [0, 0.05) is 37.2 Å². The monoisotopic (exact) mass is 442 g/mol. The molecule has 2 heterocycles. The number of halogens is 1. The number of piperidine rings is 1. The predicted molar refractivity (Wildman–Crippen MR) is 113 cm³/mol. The van der Waals surface area contributed by atoms with E-state index in [2.05, 4.69) is 20.5 Å². The number of carbonyl (C=O) groups is 1. The molecular formula is C21H23FN6O4. The SMILES string of the molecule is O=C(NC1CCN(c2nncc(C3CC=C(F)CC3)n2)CC1)Oc1ccc([N+](=O)[O-])cc1. The number of amides is 1. The number of nitrogens with one attached hydrogen (secondary N) is 1. The number of aromatic nitrogens is 3. The number of hydrogen-bond acceptors (Lipinski definition) is 8. The zero-order valence-electron chi connectivity index (χ0n) is 17.3. The van der Waals surface area contributed by atoms with Gasteiger partial charge in [0.25, 0.3) is 5.69 Å². The minimum atomic E-state index is -0.602. The Labute approximate surface area is 183 Å². The van der Waals surface area contributed by atoms with Crippen LogP contribution in [0.15, 0.2) is 42.4 Å². The lowest BCUT2D eigenvalue weighted by molar-refractivity contribution is -0.384. The van der Waals surface area contributed by atoms with Crippen molar-refractivity contribution in [2.24, 2.45) is 0 Å². The quantitative estimate of drug-likeness (QED) is 0.550. The Hall–Kier alpha value is -3.63. The molecule has 1 fully saturated rings. The maximum Gasteiger partial charge on any atom is 0.412 e. The van der Waals surface area contributed by atoms with E-state index in [0.717, 1.165) is 5.69 Å². The van der Waals surface area contributed by atoms with Crippen molar-refractivity contribution in [2.45, 2.75) is 44.1 Å². The highest BCUT2D eigenvalue weighted by Gasteiger charge is 2.25. The fraction of sp³-hybridized carbons (Fsp3) is 0.429. The zero-order chi connectivity index (χ0) is 22.5. The van der Waals surface area contributed by atoms with Crippen LogP contribution in [0.4, 0.5) is 20.8 Å². The summed E-state index contributed by atoms with van der Waals surface area (Å²) in [4.78, 5) is 29.0. The molecule has 2 aromatic rings. The number of nitro benzene ring substituents is 1. The van der Waals surface area contributed by atoms with E-state index in [9.17, 15) is 19.3 Å². The van der Waals surface area contributed by atoms with Crippen molar-refractivity contribution < 1.29 is 18.8 Å². The van der Waals surface area contributed by atoms with E-state index in [4.69, 9.17) is 4.74 Å². The minimum absolute atomic E-state index is 0.0647. The Bertz CT molecular complexity index is 1010. The lowest BCUT2D eigenvalue weighted by Crippen LogP contribution is -2.46. The van der Waals surface area contributed by atoms with Gasteiger partial charge in [-0.1, -0.05) is 6.08 Å². The second-order valence-electron chi connectivity index (χ2n) is 7.85. The highest BCUT2D eigenvalue weighted by Crippen LogP contribution is 2.31. The van der Waals surface area contributed by atoms with Gasteiger partial charge in [0.05, 0.1) is 22.6 Å². The van der Waals surface area contributed by atoms with Gasteiger partial charge in [-0.05, 0) is 44.2 Å². The van der Waals surface area contributed by atoms with Crippen LogP contribution in [0.3, 0.4) is 0 Å². The van der Waals surface area contributed by atoms with Crippen LogP contribution >= 0.6 is 0 Å². The van der Waals surface area contributed by atoms with Crippen LogP contribution in [0.1, 0.15) is 43.7 Å². The van der Waals surface area contributed by atoms with Crippen LogP contribution in [0, 0.1) is 10.1 Å². The molecular weight excluding hydrogens is 419 g/mol. The second-order valence-corrected chi connectivity index (χ2v) is 7.85. The average Bonchev–Trinajstić information content (AvgIpc) is 2.80. The normalized spacial score (nSPS) is 19.2. The van der Waals surface area contributed by atoms with E-state index >= 15 is 0 Å². The molecule has 1 aromatic heterocycles. The highest BCUT2D eigenvalue weighted by atomic mass is 19.1. The van der Waals surface area contributed by atoms with Crippen molar-refractivity contribution in [1.82, 2.24) is 20.5 Å². The summed E-state index contributed by atoms with van der Waals surface area (Å²) in [6.07, 6.45) is 5.78. The molecule has 1 atom stereocenters. The molecule has 11 heteroatoms. The predicted octanol–water partition coefficient (Wildman–Crippen LogP) is 3.66. The van der Waals surface area contributed by atoms with Crippen LogP contribution in [0.2, 0.25) is 0 Å². The smallest absolute Gasteiger partial charge is 0.410 e. The maximum atomic E-state index is 13.3. The molecule has 1 saturated heterocycles. The van der Waals surface area contributed by atoms with Crippen LogP contribution in [-0.2, 0) is 0 Å². The van der Waals surface area contributed by atoms with E-state index in [1.165, 1.54) is 24.3 Å². The number of rotatable bonds is 5. The van der Waals surface area contributed by atoms with Gasteiger partial charge in [-0.2, -0.15) is 5.10 Å². The Kier molecular flexibility index (Phi) is 6.52. The lowest BCUT2D eigenvalue weighted by atomic mass is 9.91. The molecule has 1 aliphatic heterocycles. The standard InChI is InChI=1S/C21H23FN6O4/c22-15-3-1-14(2-4-15)19-13-23-26-20(25-19)27-11-9-16(10-12-27)24-21(29)32-18-7-5-17(6-8-18)28(30)31/h3,5-8,13-14,16H,1-2,4,9-12H2,(H,24,29). The van der Waals surface area contributed by atoms with Crippen molar-refractivity contribution in [2.75, 3.05) is 18.0 Å². The number of benzene rings is 1. The molecule has 32 heavy (non-hydrogen) atoms. The van der Waals surface area contributed by atoms with Crippen molar-refractivity contribution in [3.8, 4) is 5.75 Å². The number of ether oxygens (including phenoxy) is 1. The first-order valence-electron chi connectivity index (χ1n) is 10.5. The minimum Gasteiger partial charge on any atom is -0.410 e. The Balaban J connectivity index is 1.27. The van der Waals surface area contributed by atoms with Crippen molar-refractivity contribution in [3.63, 3.8) is 0 Å². The number of non-ortho nitro benzene ring substituents is 1. The fourth-order valence-corrected chi connectivity index (χ4v) is 3.87. The summed E-state index contributed by atoms with van der Waals surface area (Å²) in [6.45, 7) is 1.29. The molecule has 2 aliphatic rings. The third kappa shape index (κ3) is 5.34. The molecule has 0 radical (unpaired) electrons. The summed E-state index contributed by atoms with van der Waals surface area (Å²) in [6, 6.07) is 5.26. The van der Waals surface area contributed by atoms with Crippen molar-refractivity contribution in [1.29, 1.82) is 0 Å². The summed E-state index contributed by atoms with van der Waals surface area (Å²) in [5, 5.41) is 21.7. The molecule has 168 valence electrons. The first-order valence-corrected chi connectivity index (χ1v) is 10.5. The summed E-state index contributed by atoms with van der Waals surface area (Å²) in [5.41, 5.74) is 0.753. The number of anilines is 1. The topological polar surface area (TPSA) is 123 Å². The molecule has 1 amide bonds. The third-order valence-electron chi connectivity index (χ3n) is 5.70. The van der Waals surface area contributed by atoms with Gasteiger partial charge in [0.15, 0.2) is 0 Å². The van der Waals surface area contributed by atoms with E-state index in [1.807, 2.05) is 4.90 Å². The van der Waals surface area contributed by atoms with Crippen LogP contribution in [0.25, 0.3) is 0 Å². The van der Waals surface area contributed by atoms with Crippen LogP contribution < -0.4 is 15.0 Å². The number of hydrogen-bond donors (Lipinski definition) is 1. The Morgan fingerprint density at radius 2 is 1.97 bits per heavy atom. The van der Waals surface area contributed by atoms with Gasteiger partial charge in [0.1, 0.15) is 5.75 Å². The van der Waals surface area contributed by atoms with Gasteiger partial charge in [-0.3, -0.25) is 10.1 Å². The van der Waals surface area contributed by atoms with Crippen LogP contribution in [0.5, 0.6) is 5.75 Å². The zero-order valence-corrected chi connectivity index (χ0v) is 17.3. The van der Waals surface area contributed by atoms with Gasteiger partial charge in [0.2, 0.25) is 5.95 Å². The summed E-state index contributed by atoms with van der Waals surface area (Å²) < 4.78 is 18.5. The average molecular weight is 442 g/mol. The van der Waals surface area contributed by atoms with E-state index in [1.54, 1.807) is 12.3 Å². The Morgan fingerprint density at radius 3 is 2.62 bits per heavy atom. The molecule has 0 spiro atoms. The molecule has 10 nitrogen and oxygen atoms in total. The molecule has 0 saturated carbocycles. The maximum absolute atomic E-state index is 13.3. The van der Waals surface area contributed by atoms with Crippen molar-refractivity contribution >= 4 is 17.7 Å². The van der Waals surface area contributed by atoms with Crippen molar-refractivity contribution in [3.05, 3.63) is 58.2 Å². The van der Waals surface area contributed by atoms with Crippen LogP contribution in [-0.4, -0.2) is 45.3 Å². The molecule has 4 rings (SSSR count). The first kappa shape index (κ1) is 21.6. The molecule has 1 N–H and O–H groups in total. The molecule has 1 unspecified atom stereocenters. The summed E-state index contributed by atoms with van der Waals surface area (Å²) >= 11 is 0. The van der Waals surface area contributed by atoms with Gasteiger partial charge >= 0.3 is 6.09 Å².